The molecular formula is C19H32Cl2N4O3. The zero-order valence-electron chi connectivity index (χ0n) is 16.5. The largest absolute Gasteiger partial charge is 0.381 e. The van der Waals surface area contributed by atoms with Gasteiger partial charge in [-0.1, -0.05) is 12.1 Å². The van der Waals surface area contributed by atoms with Gasteiger partial charge in [0.05, 0.1) is 6.04 Å². The monoisotopic (exact) mass is 434 g/mol. The number of hydrogen-bond donors (Lipinski definition) is 3. The highest BCUT2D eigenvalue weighted by molar-refractivity contribution is 5.94. The smallest absolute Gasteiger partial charge is 0.251 e. The molecule has 28 heavy (non-hydrogen) atoms. The summed E-state index contributed by atoms with van der Waals surface area (Å²) in [5, 5.41) is 5.75. The van der Waals surface area contributed by atoms with E-state index in [-0.39, 0.29) is 42.5 Å². The second-order valence-electron chi connectivity index (χ2n) is 6.95. The molecule has 1 atom stereocenters. The van der Waals surface area contributed by atoms with Crippen LogP contribution in [0, 0.1) is 5.92 Å². The summed E-state index contributed by atoms with van der Waals surface area (Å²) in [4.78, 5) is 26.3. The van der Waals surface area contributed by atoms with Gasteiger partial charge < -0.3 is 26.0 Å². The molecular weight excluding hydrogens is 403 g/mol. The Labute approximate surface area is 179 Å². The molecule has 160 valence electrons. The highest BCUT2D eigenvalue weighted by atomic mass is 35.5. The standard InChI is InChI=1S/C19H30N4O3.2ClH/c1-23(2)10-9-21-18(24)16-5-3-14(4-6-16)13-22-19(25)17(20)15-7-11-26-12-8-15;;/h3-6,15,17H,7-13,20H2,1-2H3,(H,21,24)(H,22,25);2*1H. The van der Waals surface area contributed by atoms with Crippen molar-refractivity contribution in [2.45, 2.75) is 25.4 Å². The number of likely N-dealkylation sites (N-methyl/N-ethyl adjacent to an activating group) is 1. The van der Waals surface area contributed by atoms with E-state index in [9.17, 15) is 9.59 Å². The van der Waals surface area contributed by atoms with Crippen LogP contribution in [-0.4, -0.2) is 63.2 Å². The summed E-state index contributed by atoms with van der Waals surface area (Å²) in [5.74, 6) is -0.0524. The average Bonchev–Trinajstić information content (AvgIpc) is 2.66. The summed E-state index contributed by atoms with van der Waals surface area (Å²) in [6.07, 6.45) is 1.65. The third kappa shape index (κ3) is 8.75. The molecule has 0 radical (unpaired) electrons. The molecule has 1 fully saturated rings. The van der Waals surface area contributed by atoms with Crippen molar-refractivity contribution in [3.63, 3.8) is 0 Å². The van der Waals surface area contributed by atoms with Crippen LogP contribution in [0.15, 0.2) is 24.3 Å². The van der Waals surface area contributed by atoms with E-state index in [2.05, 4.69) is 10.6 Å². The van der Waals surface area contributed by atoms with Crippen molar-refractivity contribution >= 4 is 36.6 Å². The quantitative estimate of drug-likeness (QED) is 0.570. The zero-order chi connectivity index (χ0) is 18.9. The summed E-state index contributed by atoms with van der Waals surface area (Å²) >= 11 is 0. The van der Waals surface area contributed by atoms with E-state index in [1.165, 1.54) is 0 Å². The number of carbonyl (C=O) groups excluding carboxylic acids is 2. The Bertz CT molecular complexity index is 593. The molecule has 9 heteroatoms. The molecule has 1 aromatic carbocycles. The van der Waals surface area contributed by atoms with Crippen molar-refractivity contribution in [1.82, 2.24) is 15.5 Å². The van der Waals surface area contributed by atoms with Crippen molar-refractivity contribution in [1.29, 1.82) is 0 Å². The minimum atomic E-state index is -0.499. The van der Waals surface area contributed by atoms with E-state index in [1.54, 1.807) is 12.1 Å². The summed E-state index contributed by atoms with van der Waals surface area (Å²) in [6.45, 7) is 3.14. The van der Waals surface area contributed by atoms with Crippen molar-refractivity contribution in [3.05, 3.63) is 35.4 Å². The number of nitrogens with one attached hydrogen (secondary N) is 2. The molecule has 2 amide bonds. The van der Waals surface area contributed by atoms with Gasteiger partial charge in [-0.2, -0.15) is 0 Å². The molecule has 0 spiro atoms. The Balaban J connectivity index is 0.00000364. The molecule has 1 heterocycles. The maximum atomic E-state index is 12.2. The van der Waals surface area contributed by atoms with Crippen LogP contribution in [0.3, 0.4) is 0 Å². The molecule has 4 N–H and O–H groups in total. The van der Waals surface area contributed by atoms with Crippen LogP contribution in [0.25, 0.3) is 0 Å². The molecule has 1 aliphatic heterocycles. The summed E-state index contributed by atoms with van der Waals surface area (Å²) < 4.78 is 5.30. The lowest BCUT2D eigenvalue weighted by Gasteiger charge is -2.26. The lowest BCUT2D eigenvalue weighted by molar-refractivity contribution is -0.124. The first-order valence-electron chi connectivity index (χ1n) is 9.10. The average molecular weight is 435 g/mol. The van der Waals surface area contributed by atoms with Gasteiger partial charge >= 0.3 is 0 Å². The van der Waals surface area contributed by atoms with E-state index in [0.29, 0.717) is 31.9 Å². The number of nitrogens with two attached hydrogens (primary N) is 1. The number of rotatable bonds is 8. The van der Waals surface area contributed by atoms with Gasteiger partial charge in [0, 0.05) is 38.4 Å². The van der Waals surface area contributed by atoms with Crippen molar-refractivity contribution in [2.24, 2.45) is 11.7 Å². The molecule has 1 saturated heterocycles. The Morgan fingerprint density at radius 1 is 1.14 bits per heavy atom. The van der Waals surface area contributed by atoms with E-state index in [4.69, 9.17) is 10.5 Å². The van der Waals surface area contributed by atoms with Crippen LogP contribution < -0.4 is 16.4 Å². The Morgan fingerprint density at radius 3 is 2.32 bits per heavy atom. The van der Waals surface area contributed by atoms with Crippen molar-refractivity contribution < 1.29 is 14.3 Å². The van der Waals surface area contributed by atoms with Crippen LogP contribution in [0.4, 0.5) is 0 Å². The molecule has 1 aliphatic rings. The van der Waals surface area contributed by atoms with Gasteiger partial charge in [0.15, 0.2) is 0 Å². The fraction of sp³-hybridized carbons (Fsp3) is 0.579. The van der Waals surface area contributed by atoms with Gasteiger partial charge in [0.25, 0.3) is 5.91 Å². The molecule has 7 nitrogen and oxygen atoms in total. The van der Waals surface area contributed by atoms with Crippen LogP contribution in [-0.2, 0) is 16.1 Å². The SMILES string of the molecule is CN(C)CCNC(=O)c1ccc(CNC(=O)C(N)C2CCOCC2)cc1.Cl.Cl. The first kappa shape index (κ1) is 26.6. The van der Waals surface area contributed by atoms with Crippen molar-refractivity contribution in [3.8, 4) is 0 Å². The molecule has 0 saturated carbocycles. The summed E-state index contributed by atoms with van der Waals surface area (Å²) in [7, 11) is 3.92. The van der Waals surface area contributed by atoms with Crippen LogP contribution in [0.5, 0.6) is 0 Å². The highest BCUT2D eigenvalue weighted by Crippen LogP contribution is 2.17. The third-order valence-corrected chi connectivity index (χ3v) is 4.60. The van der Waals surface area contributed by atoms with Gasteiger partial charge in [-0.3, -0.25) is 9.59 Å². The zero-order valence-corrected chi connectivity index (χ0v) is 18.1. The maximum absolute atomic E-state index is 12.2. The second kappa shape index (κ2) is 13.7. The van der Waals surface area contributed by atoms with Gasteiger partial charge in [-0.25, -0.2) is 0 Å². The number of amides is 2. The summed E-state index contributed by atoms with van der Waals surface area (Å²) in [5.41, 5.74) is 7.61. The van der Waals surface area contributed by atoms with E-state index in [0.717, 1.165) is 24.9 Å². The molecule has 1 aromatic rings. The Hall–Kier alpha value is -1.38. The number of benzene rings is 1. The number of halogens is 2. The second-order valence-corrected chi connectivity index (χ2v) is 6.95. The molecule has 0 bridgehead atoms. The van der Waals surface area contributed by atoms with Gasteiger partial charge in [-0.05, 0) is 50.6 Å². The first-order chi connectivity index (χ1) is 12.5. The van der Waals surface area contributed by atoms with Crippen LogP contribution >= 0.6 is 24.8 Å². The Kier molecular flexibility index (Phi) is 13.1. The molecule has 2 rings (SSSR count). The Morgan fingerprint density at radius 2 is 1.75 bits per heavy atom. The maximum Gasteiger partial charge on any atom is 0.251 e. The normalized spacial score (nSPS) is 15.1. The van der Waals surface area contributed by atoms with E-state index < -0.39 is 6.04 Å². The number of carbonyl (C=O) groups is 2. The number of ether oxygens (including phenoxy) is 1. The lowest BCUT2D eigenvalue weighted by atomic mass is 9.92. The lowest BCUT2D eigenvalue weighted by Crippen LogP contribution is -2.46. The predicted molar refractivity (Wildman–Crippen MR) is 115 cm³/mol. The van der Waals surface area contributed by atoms with E-state index >= 15 is 0 Å². The number of nitrogens with zero attached hydrogens (tertiary/aromatic N) is 1. The third-order valence-electron chi connectivity index (χ3n) is 4.60. The van der Waals surface area contributed by atoms with Gasteiger partial charge in [0.1, 0.15) is 0 Å². The minimum Gasteiger partial charge on any atom is -0.381 e. The van der Waals surface area contributed by atoms with Gasteiger partial charge in [0.2, 0.25) is 5.91 Å². The molecule has 0 aromatic heterocycles. The fourth-order valence-corrected chi connectivity index (χ4v) is 2.87. The summed E-state index contributed by atoms with van der Waals surface area (Å²) in [6, 6.07) is 6.73. The number of hydrogen-bond acceptors (Lipinski definition) is 5. The van der Waals surface area contributed by atoms with E-state index in [1.807, 2.05) is 31.1 Å². The van der Waals surface area contributed by atoms with Crippen molar-refractivity contribution in [2.75, 3.05) is 40.4 Å². The molecule has 0 aliphatic carbocycles. The minimum absolute atomic E-state index is 0. The molecule has 1 unspecified atom stereocenters. The first-order valence-corrected chi connectivity index (χ1v) is 9.10. The topological polar surface area (TPSA) is 96.7 Å². The van der Waals surface area contributed by atoms with Gasteiger partial charge in [-0.15, -0.1) is 24.8 Å². The van der Waals surface area contributed by atoms with Crippen LogP contribution in [0.2, 0.25) is 0 Å². The fourth-order valence-electron chi connectivity index (χ4n) is 2.87. The van der Waals surface area contributed by atoms with Crippen LogP contribution in [0.1, 0.15) is 28.8 Å². The highest BCUT2D eigenvalue weighted by Gasteiger charge is 2.26. The predicted octanol–water partition coefficient (Wildman–Crippen LogP) is 1.19.